The van der Waals surface area contributed by atoms with Crippen molar-refractivity contribution in [1.82, 2.24) is 4.98 Å². The van der Waals surface area contributed by atoms with Crippen molar-refractivity contribution in [2.24, 2.45) is 0 Å². The first-order chi connectivity index (χ1) is 13.1. The van der Waals surface area contributed by atoms with Crippen LogP contribution in [0, 0.1) is 5.82 Å². The third-order valence-corrected chi connectivity index (χ3v) is 3.72. The maximum Gasteiger partial charge on any atom is 0.259 e. The molecule has 0 bridgehead atoms. The van der Waals surface area contributed by atoms with Crippen molar-refractivity contribution < 1.29 is 23.4 Å². The first-order valence-corrected chi connectivity index (χ1v) is 8.02. The molecule has 3 rings (SSSR count). The van der Waals surface area contributed by atoms with Crippen LogP contribution in [-0.2, 0) is 0 Å². The summed E-state index contributed by atoms with van der Waals surface area (Å²) in [6.07, 6.45) is 3.15. The normalized spacial score (nSPS) is 10.2. The molecule has 7 heteroatoms. The Morgan fingerprint density at radius 2 is 1.74 bits per heavy atom. The molecular formula is C20H17FN2O4. The van der Waals surface area contributed by atoms with Crippen LogP contribution < -0.4 is 19.5 Å². The molecule has 0 radical (unpaired) electrons. The van der Waals surface area contributed by atoms with Crippen LogP contribution in [0.5, 0.6) is 23.0 Å². The number of carbonyl (C=O) groups excluding carboxylic acids is 1. The van der Waals surface area contributed by atoms with Crippen molar-refractivity contribution in [3.8, 4) is 23.0 Å². The van der Waals surface area contributed by atoms with Crippen LogP contribution in [0.1, 0.15) is 10.4 Å². The molecule has 1 N–H and O–H groups in total. The molecule has 0 atom stereocenters. The molecule has 6 nitrogen and oxygen atoms in total. The number of para-hydroxylation sites is 1. The van der Waals surface area contributed by atoms with Gasteiger partial charge < -0.3 is 19.5 Å². The molecule has 2 aromatic carbocycles. The summed E-state index contributed by atoms with van der Waals surface area (Å²) in [5, 5.41) is 2.53. The van der Waals surface area contributed by atoms with Gasteiger partial charge in [0.25, 0.3) is 5.91 Å². The van der Waals surface area contributed by atoms with E-state index in [0.29, 0.717) is 17.2 Å². The molecule has 0 spiro atoms. The Labute approximate surface area is 155 Å². The highest BCUT2D eigenvalue weighted by molar-refractivity contribution is 6.06. The number of halogens is 1. The molecule has 1 amide bonds. The fraction of sp³-hybridized carbons (Fsp3) is 0.100. The second-order valence-corrected chi connectivity index (χ2v) is 5.43. The second-order valence-electron chi connectivity index (χ2n) is 5.43. The number of nitrogens with one attached hydrogen (secondary N) is 1. The van der Waals surface area contributed by atoms with Crippen LogP contribution in [-0.4, -0.2) is 25.1 Å². The highest BCUT2D eigenvalue weighted by Crippen LogP contribution is 2.33. The van der Waals surface area contributed by atoms with E-state index in [1.165, 1.54) is 26.5 Å². The number of ether oxygens (including phenoxy) is 3. The van der Waals surface area contributed by atoms with E-state index in [1.807, 2.05) is 0 Å². The Bertz CT molecular complexity index is 948. The number of carbonyl (C=O) groups is 1. The summed E-state index contributed by atoms with van der Waals surface area (Å²) < 4.78 is 30.2. The Balaban J connectivity index is 1.87. The Morgan fingerprint density at radius 3 is 2.44 bits per heavy atom. The van der Waals surface area contributed by atoms with Gasteiger partial charge in [0.05, 0.1) is 31.7 Å². The summed E-state index contributed by atoms with van der Waals surface area (Å²) >= 11 is 0. The number of methoxy groups -OCH3 is 2. The van der Waals surface area contributed by atoms with Crippen molar-refractivity contribution in [3.63, 3.8) is 0 Å². The molecule has 1 heterocycles. The highest BCUT2D eigenvalue weighted by atomic mass is 19.1. The lowest BCUT2D eigenvalue weighted by molar-refractivity contribution is 0.102. The van der Waals surface area contributed by atoms with Crippen LogP contribution in [0.4, 0.5) is 10.1 Å². The molecule has 0 aliphatic rings. The predicted octanol–water partition coefficient (Wildman–Crippen LogP) is 4.28. The zero-order valence-electron chi connectivity index (χ0n) is 14.7. The number of benzene rings is 2. The van der Waals surface area contributed by atoms with E-state index in [4.69, 9.17) is 14.2 Å². The maximum atomic E-state index is 14.3. The summed E-state index contributed by atoms with van der Waals surface area (Å²) in [6.45, 7) is 0. The Kier molecular flexibility index (Phi) is 5.51. The van der Waals surface area contributed by atoms with Crippen LogP contribution in [0.25, 0.3) is 0 Å². The third-order valence-electron chi connectivity index (χ3n) is 3.72. The van der Waals surface area contributed by atoms with Crippen molar-refractivity contribution in [3.05, 3.63) is 72.3 Å². The predicted molar refractivity (Wildman–Crippen MR) is 98.2 cm³/mol. The number of hydrogen-bond donors (Lipinski definition) is 1. The van der Waals surface area contributed by atoms with Gasteiger partial charge in [0.1, 0.15) is 11.5 Å². The fourth-order valence-corrected chi connectivity index (χ4v) is 2.42. The first kappa shape index (κ1) is 18.2. The van der Waals surface area contributed by atoms with E-state index < -0.39 is 11.7 Å². The Hall–Kier alpha value is -3.61. The molecule has 0 unspecified atom stereocenters. The average Bonchev–Trinajstić information content (AvgIpc) is 2.70. The minimum atomic E-state index is -0.647. The van der Waals surface area contributed by atoms with Crippen LogP contribution >= 0.6 is 0 Å². The molecule has 3 aromatic rings. The number of pyridine rings is 1. The van der Waals surface area contributed by atoms with Gasteiger partial charge in [-0.25, -0.2) is 4.39 Å². The minimum absolute atomic E-state index is 0.0335. The number of rotatable bonds is 6. The van der Waals surface area contributed by atoms with Crippen LogP contribution in [0.3, 0.4) is 0 Å². The lowest BCUT2D eigenvalue weighted by Gasteiger charge is -2.13. The standard InChI is InChI=1S/C20H17FN2O4/c1-25-18-10-15(21)16(11-19(18)26-2)23-20(24)14-7-3-4-8-17(14)27-13-6-5-9-22-12-13/h3-12H,1-2H3,(H,23,24). The summed E-state index contributed by atoms with van der Waals surface area (Å²) in [5.74, 6) is 0.161. The molecule has 138 valence electrons. The number of aromatic nitrogens is 1. The van der Waals surface area contributed by atoms with Crippen molar-refractivity contribution in [2.45, 2.75) is 0 Å². The molecule has 27 heavy (non-hydrogen) atoms. The van der Waals surface area contributed by atoms with Crippen molar-refractivity contribution in [1.29, 1.82) is 0 Å². The molecule has 0 aliphatic carbocycles. The fourth-order valence-electron chi connectivity index (χ4n) is 2.42. The molecule has 0 saturated carbocycles. The van der Waals surface area contributed by atoms with Gasteiger partial charge in [-0.15, -0.1) is 0 Å². The summed E-state index contributed by atoms with van der Waals surface area (Å²) in [7, 11) is 2.83. The van der Waals surface area contributed by atoms with Gasteiger partial charge in [0, 0.05) is 18.3 Å². The molecule has 0 saturated heterocycles. The number of anilines is 1. The van der Waals surface area contributed by atoms with E-state index in [1.54, 1.807) is 42.6 Å². The molecule has 0 fully saturated rings. The molecule has 0 aliphatic heterocycles. The monoisotopic (exact) mass is 368 g/mol. The topological polar surface area (TPSA) is 69.7 Å². The van der Waals surface area contributed by atoms with Gasteiger partial charge in [-0.2, -0.15) is 0 Å². The molecular weight excluding hydrogens is 351 g/mol. The van der Waals surface area contributed by atoms with Gasteiger partial charge in [0.2, 0.25) is 0 Å². The number of nitrogens with zero attached hydrogens (tertiary/aromatic N) is 1. The summed E-state index contributed by atoms with van der Waals surface area (Å²) in [6, 6.07) is 12.6. The van der Waals surface area contributed by atoms with Crippen LogP contribution in [0.2, 0.25) is 0 Å². The minimum Gasteiger partial charge on any atom is -0.493 e. The third kappa shape index (κ3) is 4.14. The van der Waals surface area contributed by atoms with Gasteiger partial charge in [-0.3, -0.25) is 9.78 Å². The number of hydrogen-bond acceptors (Lipinski definition) is 5. The quantitative estimate of drug-likeness (QED) is 0.703. The van der Waals surface area contributed by atoms with Gasteiger partial charge in [-0.05, 0) is 24.3 Å². The SMILES string of the molecule is COc1cc(F)c(NC(=O)c2ccccc2Oc2cccnc2)cc1OC. The number of amides is 1. The Morgan fingerprint density at radius 1 is 1.00 bits per heavy atom. The van der Waals surface area contributed by atoms with E-state index in [0.717, 1.165) is 6.07 Å². The van der Waals surface area contributed by atoms with Crippen molar-refractivity contribution in [2.75, 3.05) is 19.5 Å². The maximum absolute atomic E-state index is 14.3. The zero-order chi connectivity index (χ0) is 19.2. The molecule has 1 aromatic heterocycles. The second kappa shape index (κ2) is 8.18. The van der Waals surface area contributed by atoms with Gasteiger partial charge in [-0.1, -0.05) is 12.1 Å². The van der Waals surface area contributed by atoms with E-state index in [9.17, 15) is 9.18 Å². The van der Waals surface area contributed by atoms with Gasteiger partial charge >= 0.3 is 0 Å². The largest absolute Gasteiger partial charge is 0.493 e. The summed E-state index contributed by atoms with van der Waals surface area (Å²) in [4.78, 5) is 16.7. The van der Waals surface area contributed by atoms with E-state index in [2.05, 4.69) is 10.3 Å². The summed E-state index contributed by atoms with van der Waals surface area (Å²) in [5.41, 5.74) is 0.212. The lowest BCUT2D eigenvalue weighted by atomic mass is 10.1. The highest BCUT2D eigenvalue weighted by Gasteiger charge is 2.17. The van der Waals surface area contributed by atoms with E-state index in [-0.39, 0.29) is 17.0 Å². The van der Waals surface area contributed by atoms with E-state index >= 15 is 0 Å². The zero-order valence-corrected chi connectivity index (χ0v) is 14.7. The van der Waals surface area contributed by atoms with Crippen LogP contribution in [0.15, 0.2) is 60.9 Å². The average molecular weight is 368 g/mol. The smallest absolute Gasteiger partial charge is 0.259 e. The first-order valence-electron chi connectivity index (χ1n) is 8.02. The van der Waals surface area contributed by atoms with Crippen molar-refractivity contribution >= 4 is 11.6 Å². The lowest BCUT2D eigenvalue weighted by Crippen LogP contribution is -2.14. The van der Waals surface area contributed by atoms with Gasteiger partial charge in [0.15, 0.2) is 17.3 Å².